The summed E-state index contributed by atoms with van der Waals surface area (Å²) < 4.78 is 1.94. The van der Waals surface area contributed by atoms with Gasteiger partial charge in [-0.1, -0.05) is 53.8 Å². The highest BCUT2D eigenvalue weighted by Gasteiger charge is 2.16. The lowest BCUT2D eigenvalue weighted by molar-refractivity contribution is -0.113. The van der Waals surface area contributed by atoms with E-state index >= 15 is 0 Å². The zero-order valence-corrected chi connectivity index (χ0v) is 16.7. The fraction of sp³-hybridized carbons (Fsp3) is 0.312. The summed E-state index contributed by atoms with van der Waals surface area (Å²) >= 11 is 8.97. The number of carbonyl (C=O) groups is 1. The Morgan fingerprint density at radius 3 is 2.73 bits per heavy atom. The number of benzene rings is 1. The molecule has 0 fully saturated rings. The van der Waals surface area contributed by atoms with Crippen LogP contribution in [-0.4, -0.2) is 36.6 Å². The second-order valence-corrected chi connectivity index (χ2v) is 7.63. The lowest BCUT2D eigenvalue weighted by Gasteiger charge is -2.08. The summed E-state index contributed by atoms with van der Waals surface area (Å²) in [4.78, 5) is 12.1. The van der Waals surface area contributed by atoms with Crippen LogP contribution in [0.2, 0.25) is 5.02 Å². The van der Waals surface area contributed by atoms with Crippen LogP contribution in [-0.2, 0) is 17.8 Å². The molecule has 0 aliphatic rings. The summed E-state index contributed by atoms with van der Waals surface area (Å²) in [5.41, 5.74) is 0.820. The van der Waals surface area contributed by atoms with Crippen LogP contribution in [0.1, 0.15) is 18.9 Å². The number of thioether (sulfide) groups is 1. The van der Waals surface area contributed by atoms with E-state index in [9.17, 15) is 4.79 Å². The van der Waals surface area contributed by atoms with Crippen molar-refractivity contribution >= 4 is 45.7 Å². The molecule has 1 N–H and O–H groups in total. The molecule has 2 aromatic heterocycles. The first-order chi connectivity index (χ1) is 12.6. The molecule has 0 atom stereocenters. The van der Waals surface area contributed by atoms with E-state index in [4.69, 9.17) is 11.6 Å². The van der Waals surface area contributed by atoms with Crippen LogP contribution < -0.4 is 5.32 Å². The van der Waals surface area contributed by atoms with Gasteiger partial charge in [0.15, 0.2) is 11.0 Å². The minimum atomic E-state index is -0.154. The number of amides is 1. The van der Waals surface area contributed by atoms with E-state index in [1.54, 1.807) is 0 Å². The monoisotopic (exact) mass is 408 g/mol. The molecule has 0 bridgehead atoms. The first-order valence-corrected chi connectivity index (χ1v) is 10.2. The number of hydrogen-bond donors (Lipinski definition) is 1. The van der Waals surface area contributed by atoms with Crippen molar-refractivity contribution in [1.29, 1.82) is 0 Å². The molecule has 136 valence electrons. The summed E-state index contributed by atoms with van der Waals surface area (Å²) in [5.74, 6) is 0.748. The molecule has 3 aromatic rings. The van der Waals surface area contributed by atoms with Gasteiger partial charge in [-0.3, -0.25) is 10.1 Å². The van der Waals surface area contributed by atoms with Gasteiger partial charge >= 0.3 is 0 Å². The number of halogens is 1. The van der Waals surface area contributed by atoms with Crippen molar-refractivity contribution in [2.24, 2.45) is 0 Å². The van der Waals surface area contributed by atoms with Crippen molar-refractivity contribution in [3.63, 3.8) is 0 Å². The first-order valence-electron chi connectivity index (χ1n) is 8.05. The highest BCUT2D eigenvalue weighted by molar-refractivity contribution is 7.99. The SMILES string of the molecule is CCc1nnc(NC(=O)CSc2nnc(-c3ccccc3Cl)n2CC)s1. The van der Waals surface area contributed by atoms with Gasteiger partial charge in [-0.05, 0) is 25.5 Å². The fourth-order valence-corrected chi connectivity index (χ4v) is 3.97. The van der Waals surface area contributed by atoms with Gasteiger partial charge in [-0.25, -0.2) is 0 Å². The van der Waals surface area contributed by atoms with Crippen molar-refractivity contribution in [3.05, 3.63) is 34.3 Å². The Morgan fingerprint density at radius 1 is 1.23 bits per heavy atom. The van der Waals surface area contributed by atoms with Crippen LogP contribution in [0.5, 0.6) is 0 Å². The number of anilines is 1. The molecule has 3 rings (SSSR count). The van der Waals surface area contributed by atoms with E-state index in [0.29, 0.717) is 27.7 Å². The van der Waals surface area contributed by atoms with Crippen molar-refractivity contribution in [2.75, 3.05) is 11.1 Å². The first kappa shape index (κ1) is 18.8. The topological polar surface area (TPSA) is 85.6 Å². The number of nitrogens with zero attached hydrogens (tertiary/aromatic N) is 5. The van der Waals surface area contributed by atoms with Gasteiger partial charge in [0.2, 0.25) is 11.0 Å². The highest BCUT2D eigenvalue weighted by Crippen LogP contribution is 2.29. The number of nitrogens with one attached hydrogen (secondary N) is 1. The van der Waals surface area contributed by atoms with E-state index < -0.39 is 0 Å². The Morgan fingerprint density at radius 2 is 2.04 bits per heavy atom. The molecule has 1 aromatic carbocycles. The quantitative estimate of drug-likeness (QED) is 0.599. The third-order valence-electron chi connectivity index (χ3n) is 3.50. The Labute approximate surface area is 164 Å². The number of aryl methyl sites for hydroxylation is 1. The molecule has 0 saturated heterocycles. The molecule has 10 heteroatoms. The van der Waals surface area contributed by atoms with Crippen LogP contribution in [0.4, 0.5) is 5.13 Å². The maximum Gasteiger partial charge on any atom is 0.236 e. The normalized spacial score (nSPS) is 10.9. The molecule has 0 saturated carbocycles. The minimum Gasteiger partial charge on any atom is -0.302 e. The molecule has 2 heterocycles. The lowest BCUT2D eigenvalue weighted by atomic mass is 10.2. The molecule has 26 heavy (non-hydrogen) atoms. The van der Waals surface area contributed by atoms with E-state index in [-0.39, 0.29) is 11.7 Å². The number of aromatic nitrogens is 5. The van der Waals surface area contributed by atoms with E-state index in [1.807, 2.05) is 42.7 Å². The third kappa shape index (κ3) is 4.22. The van der Waals surface area contributed by atoms with Crippen LogP contribution in [0.25, 0.3) is 11.4 Å². The maximum atomic E-state index is 12.1. The van der Waals surface area contributed by atoms with Crippen LogP contribution in [0.3, 0.4) is 0 Å². The van der Waals surface area contributed by atoms with Crippen molar-refractivity contribution < 1.29 is 4.79 Å². The highest BCUT2D eigenvalue weighted by atomic mass is 35.5. The Kier molecular flexibility index (Phi) is 6.23. The van der Waals surface area contributed by atoms with Crippen molar-refractivity contribution in [3.8, 4) is 11.4 Å². The third-order valence-corrected chi connectivity index (χ3v) is 5.78. The van der Waals surface area contributed by atoms with Crippen LogP contribution in [0, 0.1) is 0 Å². The summed E-state index contributed by atoms with van der Waals surface area (Å²) in [5, 5.41) is 21.9. The van der Waals surface area contributed by atoms with Gasteiger partial charge in [0, 0.05) is 12.1 Å². The van der Waals surface area contributed by atoms with Crippen LogP contribution >= 0.6 is 34.7 Å². The van der Waals surface area contributed by atoms with Gasteiger partial charge in [0.1, 0.15) is 5.01 Å². The average molecular weight is 409 g/mol. The van der Waals surface area contributed by atoms with Gasteiger partial charge in [-0.15, -0.1) is 20.4 Å². The summed E-state index contributed by atoms with van der Waals surface area (Å²) in [6, 6.07) is 7.50. The van der Waals surface area contributed by atoms with Gasteiger partial charge in [0.25, 0.3) is 0 Å². The molecule has 0 spiro atoms. The maximum absolute atomic E-state index is 12.1. The van der Waals surface area contributed by atoms with Crippen LogP contribution in [0.15, 0.2) is 29.4 Å². The molecule has 7 nitrogen and oxygen atoms in total. The number of hydrogen-bond acceptors (Lipinski definition) is 7. The molecular weight excluding hydrogens is 392 g/mol. The van der Waals surface area contributed by atoms with Crippen molar-refractivity contribution in [1.82, 2.24) is 25.0 Å². The van der Waals surface area contributed by atoms with E-state index in [0.717, 1.165) is 17.0 Å². The number of rotatable bonds is 7. The molecule has 0 unspecified atom stereocenters. The van der Waals surface area contributed by atoms with Gasteiger partial charge in [0.05, 0.1) is 10.8 Å². The predicted octanol–water partition coefficient (Wildman–Crippen LogP) is 3.76. The molecule has 0 aliphatic heterocycles. The standard InChI is InChI=1S/C16H17ClN6OS2/c1-3-13-19-21-15(26-13)18-12(24)9-25-16-22-20-14(23(16)4-2)10-7-5-6-8-11(10)17/h5-8H,3-4,9H2,1-2H3,(H,18,21,24). The fourth-order valence-electron chi connectivity index (χ4n) is 2.25. The minimum absolute atomic E-state index is 0.154. The zero-order valence-electron chi connectivity index (χ0n) is 14.3. The Bertz CT molecular complexity index is 910. The molecular formula is C16H17ClN6OS2. The second kappa shape index (κ2) is 8.61. The summed E-state index contributed by atoms with van der Waals surface area (Å²) in [7, 11) is 0. The number of carbonyl (C=O) groups excluding carboxylic acids is 1. The molecule has 1 amide bonds. The average Bonchev–Trinajstić information content (AvgIpc) is 3.26. The second-order valence-electron chi connectivity index (χ2n) is 5.22. The summed E-state index contributed by atoms with van der Waals surface area (Å²) in [6.07, 6.45) is 0.798. The smallest absolute Gasteiger partial charge is 0.236 e. The Hall–Kier alpha value is -1.97. The Balaban J connectivity index is 1.68. The van der Waals surface area contributed by atoms with Gasteiger partial charge < -0.3 is 4.57 Å². The lowest BCUT2D eigenvalue weighted by Crippen LogP contribution is -2.14. The predicted molar refractivity (Wildman–Crippen MR) is 105 cm³/mol. The van der Waals surface area contributed by atoms with Gasteiger partial charge in [-0.2, -0.15) is 0 Å². The zero-order chi connectivity index (χ0) is 18.5. The molecule has 0 radical (unpaired) electrons. The molecule has 0 aliphatic carbocycles. The van der Waals surface area contributed by atoms with E-state index in [2.05, 4.69) is 25.7 Å². The van der Waals surface area contributed by atoms with Crippen molar-refractivity contribution in [2.45, 2.75) is 32.0 Å². The van der Waals surface area contributed by atoms with E-state index in [1.165, 1.54) is 23.1 Å². The largest absolute Gasteiger partial charge is 0.302 e. The summed E-state index contributed by atoms with van der Waals surface area (Å²) in [6.45, 7) is 4.67.